The highest BCUT2D eigenvalue weighted by atomic mass is 16.5. The van der Waals surface area contributed by atoms with E-state index in [9.17, 15) is 19.7 Å². The van der Waals surface area contributed by atoms with Crippen molar-refractivity contribution in [2.45, 2.75) is 31.4 Å². The van der Waals surface area contributed by atoms with Gasteiger partial charge in [0.1, 0.15) is 5.75 Å². The Kier molecular flexibility index (Phi) is 6.26. The zero-order valence-corrected chi connectivity index (χ0v) is 14.6. The minimum atomic E-state index is -1.33. The van der Waals surface area contributed by atoms with Gasteiger partial charge in [0, 0.05) is 6.54 Å². The zero-order chi connectivity index (χ0) is 19.4. The molecule has 8 N–H and O–H groups in total. The van der Waals surface area contributed by atoms with Crippen LogP contribution in [-0.2, 0) is 11.2 Å². The van der Waals surface area contributed by atoms with E-state index in [1.807, 2.05) is 0 Å². The van der Waals surface area contributed by atoms with Gasteiger partial charge < -0.3 is 25.8 Å². The Morgan fingerprint density at radius 2 is 2.26 bits per heavy atom. The molecule has 1 fully saturated rings. The van der Waals surface area contributed by atoms with Gasteiger partial charge in [0.15, 0.2) is 0 Å². The van der Waals surface area contributed by atoms with Crippen LogP contribution < -0.4 is 32.1 Å². The van der Waals surface area contributed by atoms with Crippen LogP contribution >= 0.6 is 0 Å². The Hall–Kier alpha value is -2.22. The predicted molar refractivity (Wildman–Crippen MR) is 95.8 cm³/mol. The Morgan fingerprint density at radius 3 is 3.00 bits per heavy atom. The first-order valence-corrected chi connectivity index (χ1v) is 8.72. The maximum atomic E-state index is 12.3. The number of aromatic carboxylic acids is 1. The van der Waals surface area contributed by atoms with Crippen LogP contribution in [0.4, 0.5) is 0 Å². The number of hydrogen-bond donors (Lipinski definition) is 7. The molecule has 2 atom stereocenters. The van der Waals surface area contributed by atoms with Crippen molar-refractivity contribution in [1.82, 2.24) is 26.8 Å². The third kappa shape index (κ3) is 4.74. The van der Waals surface area contributed by atoms with E-state index in [0.29, 0.717) is 18.7 Å². The normalized spacial score (nSPS) is 22.2. The SMILES string of the molecule is NCCCN1NNC(CC(=O)N[C@H]2Cc3cccc(C(=O)O)c3OB2O)N1. The van der Waals surface area contributed by atoms with E-state index in [1.165, 1.54) is 6.07 Å². The summed E-state index contributed by atoms with van der Waals surface area (Å²) in [7, 11) is -1.33. The van der Waals surface area contributed by atoms with Gasteiger partial charge in [-0.2, -0.15) is 10.7 Å². The molecule has 0 bridgehead atoms. The standard InChI is InChI=1S/C15H23BN6O5/c17-5-2-6-22-20-12(19-21-22)8-13(23)18-11-7-9-3-1-4-10(15(24)25)14(9)27-16(11)26/h1,3-4,11-12,19-21,26H,2,5-8,17H2,(H,18,23)(H,24,25)/t11-,12?/m0/s1. The van der Waals surface area contributed by atoms with E-state index >= 15 is 0 Å². The van der Waals surface area contributed by atoms with Gasteiger partial charge in [-0.15, -0.1) is 0 Å². The lowest BCUT2D eigenvalue weighted by Crippen LogP contribution is -2.54. The Bertz CT molecular complexity index is 707. The molecule has 2 aliphatic rings. The maximum absolute atomic E-state index is 12.3. The molecule has 1 saturated heterocycles. The zero-order valence-electron chi connectivity index (χ0n) is 14.6. The highest BCUT2D eigenvalue weighted by Gasteiger charge is 2.38. The van der Waals surface area contributed by atoms with Crippen LogP contribution in [-0.4, -0.2) is 59.4 Å². The minimum absolute atomic E-state index is 0.0145. The van der Waals surface area contributed by atoms with E-state index in [2.05, 4.69) is 21.7 Å². The van der Waals surface area contributed by atoms with Crippen LogP contribution in [0.1, 0.15) is 28.8 Å². The summed E-state index contributed by atoms with van der Waals surface area (Å²) in [4.78, 5) is 23.6. The summed E-state index contributed by atoms with van der Waals surface area (Å²) in [6, 6.07) is 4.73. The average molecular weight is 378 g/mol. The van der Waals surface area contributed by atoms with Crippen LogP contribution in [0.25, 0.3) is 0 Å². The van der Waals surface area contributed by atoms with Crippen LogP contribution in [0.5, 0.6) is 5.75 Å². The molecular weight excluding hydrogens is 355 g/mol. The van der Waals surface area contributed by atoms with Crippen molar-refractivity contribution in [3.05, 3.63) is 29.3 Å². The first kappa shape index (κ1) is 19.5. The fraction of sp³-hybridized carbons (Fsp3) is 0.467. The van der Waals surface area contributed by atoms with Crippen molar-refractivity contribution in [3.8, 4) is 5.75 Å². The van der Waals surface area contributed by atoms with Crippen molar-refractivity contribution in [2.24, 2.45) is 5.73 Å². The number of carboxylic acid groups (broad SMARTS) is 1. The Labute approximate surface area is 156 Å². The van der Waals surface area contributed by atoms with Crippen LogP contribution in [0.15, 0.2) is 18.2 Å². The summed E-state index contributed by atoms with van der Waals surface area (Å²) < 4.78 is 5.37. The number of nitrogens with zero attached hydrogens (tertiary/aromatic N) is 1. The van der Waals surface area contributed by atoms with Crippen molar-refractivity contribution in [2.75, 3.05) is 13.1 Å². The number of fused-ring (bicyclic) bond motifs is 1. The van der Waals surface area contributed by atoms with E-state index < -0.39 is 19.0 Å². The van der Waals surface area contributed by atoms with Gasteiger partial charge in [-0.25, -0.2) is 15.6 Å². The number of hydrogen-bond acceptors (Lipinski definition) is 9. The second-order valence-electron chi connectivity index (χ2n) is 6.42. The largest absolute Gasteiger partial charge is 0.547 e. The number of para-hydroxylation sites is 1. The number of rotatable bonds is 7. The third-order valence-electron chi connectivity index (χ3n) is 4.36. The number of benzene rings is 1. The summed E-state index contributed by atoms with van der Waals surface area (Å²) in [6.45, 7) is 1.25. The highest BCUT2D eigenvalue weighted by molar-refractivity contribution is 6.47. The fourth-order valence-corrected chi connectivity index (χ4v) is 3.04. The van der Waals surface area contributed by atoms with Gasteiger partial charge in [-0.05, 0) is 31.0 Å². The summed E-state index contributed by atoms with van der Waals surface area (Å²) >= 11 is 0. The second-order valence-corrected chi connectivity index (χ2v) is 6.42. The first-order valence-electron chi connectivity index (χ1n) is 8.72. The molecular formula is C15H23BN6O5. The molecule has 1 aromatic carbocycles. The maximum Gasteiger partial charge on any atom is 0.547 e. The quantitative estimate of drug-likeness (QED) is 0.257. The summed E-state index contributed by atoms with van der Waals surface area (Å²) in [6.07, 6.45) is 0.882. The number of carbonyl (C=O) groups excluding carboxylic acids is 1. The number of nitrogens with two attached hydrogens (primary N) is 1. The molecule has 12 heteroatoms. The van der Waals surface area contributed by atoms with Crippen molar-refractivity contribution in [3.63, 3.8) is 0 Å². The van der Waals surface area contributed by atoms with Crippen LogP contribution in [0, 0.1) is 0 Å². The van der Waals surface area contributed by atoms with Crippen molar-refractivity contribution in [1.29, 1.82) is 0 Å². The molecule has 0 spiro atoms. The summed E-state index contributed by atoms with van der Waals surface area (Å²) in [5, 5.41) is 23.8. The Balaban J connectivity index is 1.55. The van der Waals surface area contributed by atoms with Crippen LogP contribution in [0.3, 0.4) is 0 Å². The number of amides is 1. The van der Waals surface area contributed by atoms with Gasteiger partial charge >= 0.3 is 13.1 Å². The Morgan fingerprint density at radius 1 is 1.44 bits per heavy atom. The minimum Gasteiger partial charge on any atom is -0.534 e. The fourth-order valence-electron chi connectivity index (χ4n) is 3.04. The molecule has 146 valence electrons. The highest BCUT2D eigenvalue weighted by Crippen LogP contribution is 2.30. The van der Waals surface area contributed by atoms with Crippen molar-refractivity contribution < 1.29 is 24.4 Å². The lowest BCUT2D eigenvalue weighted by atomic mass is 9.72. The van der Waals surface area contributed by atoms with Crippen molar-refractivity contribution >= 4 is 19.0 Å². The molecule has 0 saturated carbocycles. The van der Waals surface area contributed by atoms with E-state index in [0.717, 1.165) is 6.42 Å². The smallest absolute Gasteiger partial charge is 0.534 e. The molecule has 1 amide bonds. The van der Waals surface area contributed by atoms with Gasteiger partial charge in [0.25, 0.3) is 0 Å². The molecule has 11 nitrogen and oxygen atoms in total. The number of hydrazine groups is 3. The topological polar surface area (TPSA) is 161 Å². The number of carboxylic acids is 1. The van der Waals surface area contributed by atoms with E-state index in [1.54, 1.807) is 17.3 Å². The van der Waals surface area contributed by atoms with Gasteiger partial charge in [0.05, 0.1) is 24.1 Å². The molecule has 0 radical (unpaired) electrons. The number of carbonyl (C=O) groups is 2. The van der Waals surface area contributed by atoms with E-state index in [-0.39, 0.29) is 36.2 Å². The van der Waals surface area contributed by atoms with Gasteiger partial charge in [-0.1, -0.05) is 12.1 Å². The lowest BCUT2D eigenvalue weighted by Gasteiger charge is -2.29. The summed E-state index contributed by atoms with van der Waals surface area (Å²) in [5.41, 5.74) is 15.0. The monoisotopic (exact) mass is 378 g/mol. The van der Waals surface area contributed by atoms with E-state index in [4.69, 9.17) is 10.4 Å². The number of nitrogens with one attached hydrogen (secondary N) is 4. The first-order chi connectivity index (χ1) is 13.0. The average Bonchev–Trinajstić information content (AvgIpc) is 3.07. The van der Waals surface area contributed by atoms with Crippen LogP contribution in [0.2, 0.25) is 0 Å². The molecule has 27 heavy (non-hydrogen) atoms. The molecule has 2 aliphatic heterocycles. The molecule has 0 aliphatic carbocycles. The summed E-state index contributed by atoms with van der Waals surface area (Å²) in [5.74, 6) is -1.95. The predicted octanol–water partition coefficient (Wildman–Crippen LogP) is -2.28. The molecule has 2 heterocycles. The third-order valence-corrected chi connectivity index (χ3v) is 4.36. The molecule has 1 aromatic rings. The van der Waals surface area contributed by atoms with Gasteiger partial charge in [-0.3, -0.25) is 4.79 Å². The lowest BCUT2D eigenvalue weighted by molar-refractivity contribution is -0.122. The second kappa shape index (κ2) is 8.65. The van der Waals surface area contributed by atoms with Gasteiger partial charge in [0.2, 0.25) is 5.91 Å². The molecule has 1 unspecified atom stereocenters. The molecule has 3 rings (SSSR count). The molecule has 0 aromatic heterocycles.